The lowest BCUT2D eigenvalue weighted by Gasteiger charge is -1.97. The molecule has 0 aromatic carbocycles. The van der Waals surface area contributed by atoms with Crippen molar-refractivity contribution in [1.29, 1.82) is 0 Å². The molecule has 47 valence electrons. The fourth-order valence-corrected chi connectivity index (χ4v) is 0.542. The Morgan fingerprint density at radius 2 is 2.44 bits per heavy atom. The van der Waals surface area contributed by atoms with Crippen molar-refractivity contribution < 1.29 is 4.74 Å². The summed E-state index contributed by atoms with van der Waals surface area (Å²) in [6, 6.07) is 1.73. The summed E-state index contributed by atoms with van der Waals surface area (Å²) in [5.74, 6) is 0.564. The largest absolute Gasteiger partial charge is 0.480 e. The maximum absolute atomic E-state index is 4.85. The Labute approximate surface area is 53.7 Å². The van der Waals surface area contributed by atoms with Gasteiger partial charge < -0.3 is 4.74 Å². The first-order valence-electron chi connectivity index (χ1n) is 2.59. The van der Waals surface area contributed by atoms with Crippen LogP contribution >= 0.6 is 0 Å². The molecule has 0 N–H and O–H groups in total. The second kappa shape index (κ2) is 2.44. The third-order valence-electron chi connectivity index (χ3n) is 1.01. The Morgan fingerprint density at radius 3 is 2.89 bits per heavy atom. The summed E-state index contributed by atoms with van der Waals surface area (Å²) >= 11 is 0. The van der Waals surface area contributed by atoms with Gasteiger partial charge >= 0.3 is 0 Å². The molecule has 0 aliphatic heterocycles. The van der Waals surface area contributed by atoms with Crippen LogP contribution in [0.25, 0.3) is 0 Å². The SMILES string of the molecule is COc1nn[c]cc1C. The summed E-state index contributed by atoms with van der Waals surface area (Å²) < 4.78 is 4.85. The van der Waals surface area contributed by atoms with E-state index in [2.05, 4.69) is 16.4 Å². The Kier molecular flexibility index (Phi) is 1.63. The molecule has 0 fully saturated rings. The summed E-state index contributed by atoms with van der Waals surface area (Å²) in [6.45, 7) is 1.89. The van der Waals surface area contributed by atoms with Crippen molar-refractivity contribution in [2.24, 2.45) is 0 Å². The van der Waals surface area contributed by atoms with Gasteiger partial charge in [0, 0.05) is 5.56 Å². The minimum absolute atomic E-state index is 0.564. The zero-order chi connectivity index (χ0) is 6.69. The lowest BCUT2D eigenvalue weighted by molar-refractivity contribution is 0.388. The molecule has 3 nitrogen and oxygen atoms in total. The maximum Gasteiger partial charge on any atom is 0.236 e. The van der Waals surface area contributed by atoms with Crippen molar-refractivity contribution in [3.05, 3.63) is 17.8 Å². The van der Waals surface area contributed by atoms with Gasteiger partial charge in [-0.15, -0.1) is 10.2 Å². The normalized spacial score (nSPS) is 9.11. The highest BCUT2D eigenvalue weighted by Crippen LogP contribution is 2.08. The summed E-state index contributed by atoms with van der Waals surface area (Å²) in [6.07, 6.45) is 2.59. The maximum atomic E-state index is 4.85. The van der Waals surface area contributed by atoms with Gasteiger partial charge in [-0.1, -0.05) is 0 Å². The molecular weight excluding hydrogens is 116 g/mol. The van der Waals surface area contributed by atoms with Crippen LogP contribution in [0.15, 0.2) is 6.07 Å². The van der Waals surface area contributed by atoms with E-state index in [-0.39, 0.29) is 0 Å². The van der Waals surface area contributed by atoms with Crippen molar-refractivity contribution in [3.8, 4) is 5.88 Å². The Bertz CT molecular complexity index is 200. The third kappa shape index (κ3) is 1.16. The van der Waals surface area contributed by atoms with Crippen LogP contribution in [-0.4, -0.2) is 17.3 Å². The fraction of sp³-hybridized carbons (Fsp3) is 0.333. The topological polar surface area (TPSA) is 35.0 Å². The van der Waals surface area contributed by atoms with Gasteiger partial charge in [-0.3, -0.25) is 0 Å². The lowest BCUT2D eigenvalue weighted by Crippen LogP contribution is -1.91. The van der Waals surface area contributed by atoms with Gasteiger partial charge in [0.2, 0.25) is 5.88 Å². The number of methoxy groups -OCH3 is 1. The van der Waals surface area contributed by atoms with Crippen LogP contribution in [0.1, 0.15) is 5.56 Å². The van der Waals surface area contributed by atoms with Gasteiger partial charge in [0.05, 0.1) is 7.11 Å². The monoisotopic (exact) mass is 123 g/mol. The van der Waals surface area contributed by atoms with Crippen LogP contribution in [-0.2, 0) is 0 Å². The number of aromatic nitrogens is 2. The van der Waals surface area contributed by atoms with Crippen molar-refractivity contribution in [3.63, 3.8) is 0 Å². The zero-order valence-corrected chi connectivity index (χ0v) is 5.38. The van der Waals surface area contributed by atoms with Gasteiger partial charge in [-0.25, -0.2) is 0 Å². The molecule has 0 aliphatic rings. The first-order valence-corrected chi connectivity index (χ1v) is 2.59. The molecule has 1 radical (unpaired) electrons. The fourth-order valence-electron chi connectivity index (χ4n) is 0.542. The molecule has 1 heterocycles. The summed E-state index contributed by atoms with van der Waals surface area (Å²) in [4.78, 5) is 0. The number of rotatable bonds is 1. The van der Waals surface area contributed by atoms with E-state index < -0.39 is 0 Å². The first-order chi connectivity index (χ1) is 4.34. The summed E-state index contributed by atoms with van der Waals surface area (Å²) in [5, 5.41) is 7.19. The van der Waals surface area contributed by atoms with E-state index in [4.69, 9.17) is 4.74 Å². The molecule has 0 bridgehead atoms. The van der Waals surface area contributed by atoms with Crippen molar-refractivity contribution in [1.82, 2.24) is 10.2 Å². The summed E-state index contributed by atoms with van der Waals surface area (Å²) in [5.41, 5.74) is 0.951. The molecule has 1 rings (SSSR count). The number of hydrogen-bond acceptors (Lipinski definition) is 3. The first kappa shape index (κ1) is 6.01. The van der Waals surface area contributed by atoms with Gasteiger partial charge in [0.25, 0.3) is 0 Å². The molecule has 0 saturated heterocycles. The number of ether oxygens (including phenoxy) is 1. The molecule has 3 heteroatoms. The Hall–Kier alpha value is -1.12. The smallest absolute Gasteiger partial charge is 0.236 e. The molecule has 0 aliphatic carbocycles. The molecule has 0 spiro atoms. The van der Waals surface area contributed by atoms with Crippen LogP contribution in [0, 0.1) is 13.1 Å². The molecule has 1 aromatic rings. The highest BCUT2D eigenvalue weighted by atomic mass is 16.5. The number of nitrogens with zero attached hydrogens (tertiary/aromatic N) is 2. The van der Waals surface area contributed by atoms with Crippen LogP contribution in [0.5, 0.6) is 5.88 Å². The predicted octanol–water partition coefficient (Wildman–Crippen LogP) is 0.594. The molecule has 9 heavy (non-hydrogen) atoms. The minimum atomic E-state index is 0.564. The van der Waals surface area contributed by atoms with Gasteiger partial charge in [-0.2, -0.15) is 0 Å². The van der Waals surface area contributed by atoms with Gasteiger partial charge in [-0.05, 0) is 13.0 Å². The van der Waals surface area contributed by atoms with E-state index >= 15 is 0 Å². The highest BCUT2D eigenvalue weighted by Gasteiger charge is 1.94. The number of aryl methyl sites for hydroxylation is 1. The second-order valence-electron chi connectivity index (χ2n) is 1.67. The van der Waals surface area contributed by atoms with Gasteiger partial charge in [0.15, 0.2) is 0 Å². The molecule has 0 amide bonds. The Morgan fingerprint density at radius 1 is 1.67 bits per heavy atom. The average molecular weight is 123 g/mol. The number of hydrogen-bond donors (Lipinski definition) is 0. The summed E-state index contributed by atoms with van der Waals surface area (Å²) in [7, 11) is 1.57. The van der Waals surface area contributed by atoms with Crippen LogP contribution in [0.3, 0.4) is 0 Å². The Balaban J connectivity index is 3.01. The molecule has 0 saturated carbocycles. The second-order valence-corrected chi connectivity index (χ2v) is 1.67. The van der Waals surface area contributed by atoms with Crippen LogP contribution in [0.2, 0.25) is 0 Å². The molecular formula is C6H7N2O. The average Bonchev–Trinajstić information content (AvgIpc) is 1.89. The van der Waals surface area contributed by atoms with E-state index in [0.717, 1.165) is 5.56 Å². The van der Waals surface area contributed by atoms with Gasteiger partial charge in [0.1, 0.15) is 6.20 Å². The highest BCUT2D eigenvalue weighted by molar-refractivity contribution is 5.19. The molecule has 0 atom stereocenters. The molecule has 1 aromatic heterocycles. The minimum Gasteiger partial charge on any atom is -0.480 e. The third-order valence-corrected chi connectivity index (χ3v) is 1.01. The quantitative estimate of drug-likeness (QED) is 0.548. The van der Waals surface area contributed by atoms with E-state index in [1.165, 1.54) is 0 Å². The van der Waals surface area contributed by atoms with Crippen molar-refractivity contribution in [2.75, 3.05) is 7.11 Å². The van der Waals surface area contributed by atoms with Crippen LogP contribution < -0.4 is 4.74 Å². The molecule has 0 unspecified atom stereocenters. The van der Waals surface area contributed by atoms with E-state index in [0.29, 0.717) is 5.88 Å². The van der Waals surface area contributed by atoms with Crippen molar-refractivity contribution >= 4 is 0 Å². The zero-order valence-electron chi connectivity index (χ0n) is 5.38. The predicted molar refractivity (Wildman–Crippen MR) is 32.2 cm³/mol. The standard InChI is InChI=1S/C6H7N2O/c1-5-3-4-7-8-6(5)9-2/h3H,1-2H3. The lowest BCUT2D eigenvalue weighted by atomic mass is 10.3. The van der Waals surface area contributed by atoms with Crippen molar-refractivity contribution in [2.45, 2.75) is 6.92 Å². The van der Waals surface area contributed by atoms with E-state index in [1.807, 2.05) is 6.92 Å². The van der Waals surface area contributed by atoms with E-state index in [9.17, 15) is 0 Å². The van der Waals surface area contributed by atoms with E-state index in [1.54, 1.807) is 13.2 Å². The van der Waals surface area contributed by atoms with Crippen LogP contribution in [0.4, 0.5) is 0 Å².